The second-order valence-corrected chi connectivity index (χ2v) is 5.73. The lowest BCUT2D eigenvalue weighted by Crippen LogP contribution is -2.31. The maximum absolute atomic E-state index is 11.2. The fourth-order valence-corrected chi connectivity index (χ4v) is 2.11. The summed E-state index contributed by atoms with van der Waals surface area (Å²) in [6.45, 7) is 4.62. The summed E-state index contributed by atoms with van der Waals surface area (Å²) in [5.41, 5.74) is 0.539. The lowest BCUT2D eigenvalue weighted by atomic mass is 9.98. The van der Waals surface area contributed by atoms with Gasteiger partial charge in [-0.2, -0.15) is 0 Å². The van der Waals surface area contributed by atoms with E-state index in [1.165, 1.54) is 27.0 Å². The van der Waals surface area contributed by atoms with Gasteiger partial charge in [-0.1, -0.05) is 13.0 Å². The predicted octanol–water partition coefficient (Wildman–Crippen LogP) is 1.26. The highest BCUT2D eigenvalue weighted by Gasteiger charge is 2.26. The van der Waals surface area contributed by atoms with Gasteiger partial charge in [-0.15, -0.1) is 0 Å². The van der Waals surface area contributed by atoms with Crippen molar-refractivity contribution in [1.29, 1.82) is 0 Å². The quantitative estimate of drug-likeness (QED) is 0.491. The van der Waals surface area contributed by atoms with Gasteiger partial charge in [0, 0.05) is 0 Å². The minimum atomic E-state index is -1.35. The smallest absolute Gasteiger partial charge is 0.337 e. The van der Waals surface area contributed by atoms with Crippen molar-refractivity contribution in [3.8, 4) is 5.75 Å². The van der Waals surface area contributed by atoms with Crippen LogP contribution in [0.1, 0.15) is 44.4 Å². The molecule has 7 heteroatoms. The molecule has 1 amide bonds. The number of phenols is 1. The largest absolute Gasteiger partial charge is 0.506 e. The molecule has 23 heavy (non-hydrogen) atoms. The van der Waals surface area contributed by atoms with Crippen molar-refractivity contribution in [3.63, 3.8) is 0 Å². The van der Waals surface area contributed by atoms with E-state index in [1.54, 1.807) is 6.07 Å². The number of aliphatic hydroxyl groups is 2. The number of benzene rings is 1. The first-order valence-electron chi connectivity index (χ1n) is 7.25. The SMILES string of the molecule is CC[C@H](O)c1ccc(O)c2c1CC(=O)N2.COC(=O)C(C)(C)O. The van der Waals surface area contributed by atoms with Crippen LogP contribution in [0.4, 0.5) is 5.69 Å². The molecule has 1 aliphatic heterocycles. The van der Waals surface area contributed by atoms with E-state index in [0.717, 1.165) is 5.56 Å². The molecule has 4 N–H and O–H groups in total. The number of nitrogens with one attached hydrogen (secondary N) is 1. The number of hydrogen-bond acceptors (Lipinski definition) is 6. The van der Waals surface area contributed by atoms with Crippen molar-refractivity contribution in [2.45, 2.75) is 45.3 Å². The van der Waals surface area contributed by atoms with Crippen LogP contribution in [0.5, 0.6) is 5.75 Å². The maximum Gasteiger partial charge on any atom is 0.337 e. The number of phenolic OH excluding ortho intramolecular Hbond substituents is 1. The minimum absolute atomic E-state index is 0.0582. The van der Waals surface area contributed by atoms with E-state index in [9.17, 15) is 19.8 Å². The first kappa shape index (κ1) is 18.9. The number of esters is 1. The molecule has 7 nitrogen and oxygen atoms in total. The number of carbonyl (C=O) groups is 2. The second-order valence-electron chi connectivity index (χ2n) is 5.73. The third-order valence-corrected chi connectivity index (χ3v) is 3.36. The molecule has 0 saturated carbocycles. The average Bonchev–Trinajstić information content (AvgIpc) is 2.88. The lowest BCUT2D eigenvalue weighted by molar-refractivity contribution is -0.158. The number of hydrogen-bond donors (Lipinski definition) is 4. The Hall–Kier alpha value is -2.12. The van der Waals surface area contributed by atoms with Gasteiger partial charge in [0.2, 0.25) is 5.91 Å². The first-order valence-corrected chi connectivity index (χ1v) is 7.25. The summed E-state index contributed by atoms with van der Waals surface area (Å²) < 4.78 is 4.23. The Morgan fingerprint density at radius 2 is 2.04 bits per heavy atom. The highest BCUT2D eigenvalue weighted by molar-refractivity contribution is 6.01. The van der Waals surface area contributed by atoms with Crippen LogP contribution in [-0.2, 0) is 20.7 Å². The number of fused-ring (bicyclic) bond motifs is 1. The number of ether oxygens (including phenoxy) is 1. The summed E-state index contributed by atoms with van der Waals surface area (Å²) in [7, 11) is 1.24. The lowest BCUT2D eigenvalue weighted by Gasteiger charge is -2.13. The van der Waals surface area contributed by atoms with Crippen LogP contribution in [0.15, 0.2) is 12.1 Å². The zero-order chi connectivity index (χ0) is 17.8. The monoisotopic (exact) mass is 325 g/mol. The van der Waals surface area contributed by atoms with Gasteiger partial charge in [-0.05, 0) is 37.5 Å². The van der Waals surface area contributed by atoms with E-state index >= 15 is 0 Å². The third kappa shape index (κ3) is 4.67. The average molecular weight is 325 g/mol. The highest BCUT2D eigenvalue weighted by Crippen LogP contribution is 2.37. The molecule has 0 radical (unpaired) electrons. The van der Waals surface area contributed by atoms with Gasteiger partial charge < -0.3 is 25.4 Å². The van der Waals surface area contributed by atoms with E-state index in [-0.39, 0.29) is 18.1 Å². The van der Waals surface area contributed by atoms with E-state index in [2.05, 4.69) is 10.1 Å². The standard InChI is InChI=1S/C11H13NO3.C5H10O3/c1-2-8(13)6-3-4-9(14)11-7(6)5-10(15)12-11;1-5(2,7)4(6)8-3/h3-4,8,13-14H,2,5H2,1H3,(H,12,15);7H,1-3H3/t8-;/m0./s1. The fraction of sp³-hybridized carbons (Fsp3) is 0.500. The molecule has 1 atom stereocenters. The summed E-state index contributed by atoms with van der Waals surface area (Å²) in [5, 5.41) is 30.7. The highest BCUT2D eigenvalue weighted by atomic mass is 16.5. The molecule has 0 aromatic heterocycles. The molecule has 1 aromatic carbocycles. The van der Waals surface area contributed by atoms with Gasteiger partial charge >= 0.3 is 5.97 Å². The minimum Gasteiger partial charge on any atom is -0.506 e. The Balaban J connectivity index is 0.000000284. The van der Waals surface area contributed by atoms with Gasteiger partial charge in [0.1, 0.15) is 5.75 Å². The van der Waals surface area contributed by atoms with Crippen LogP contribution in [-0.4, -0.2) is 39.9 Å². The zero-order valence-corrected chi connectivity index (χ0v) is 13.7. The van der Waals surface area contributed by atoms with Crippen LogP contribution >= 0.6 is 0 Å². The van der Waals surface area contributed by atoms with E-state index < -0.39 is 17.7 Å². The van der Waals surface area contributed by atoms with Crippen molar-refractivity contribution in [2.24, 2.45) is 0 Å². The van der Waals surface area contributed by atoms with Gasteiger partial charge in [-0.25, -0.2) is 4.79 Å². The number of amides is 1. The Morgan fingerprint density at radius 1 is 1.43 bits per heavy atom. The Kier molecular flexibility index (Phi) is 6.12. The number of aromatic hydroxyl groups is 1. The summed E-state index contributed by atoms with van der Waals surface area (Å²) in [6, 6.07) is 3.17. The summed E-state index contributed by atoms with van der Waals surface area (Å²) in [6.07, 6.45) is 0.244. The Morgan fingerprint density at radius 3 is 2.48 bits per heavy atom. The number of rotatable bonds is 3. The molecular weight excluding hydrogens is 302 g/mol. The molecule has 1 aliphatic rings. The predicted molar refractivity (Wildman–Crippen MR) is 84.0 cm³/mol. The van der Waals surface area contributed by atoms with E-state index in [1.807, 2.05) is 6.92 Å². The van der Waals surface area contributed by atoms with Gasteiger partial charge in [0.25, 0.3) is 0 Å². The maximum atomic E-state index is 11.2. The van der Waals surface area contributed by atoms with E-state index in [4.69, 9.17) is 5.11 Å². The van der Waals surface area contributed by atoms with Crippen LogP contribution in [0.3, 0.4) is 0 Å². The molecule has 0 aliphatic carbocycles. The van der Waals surface area contributed by atoms with Gasteiger partial charge in [0.05, 0.1) is 25.3 Å². The third-order valence-electron chi connectivity index (χ3n) is 3.36. The molecule has 1 aromatic rings. The molecule has 1 heterocycles. The first-order chi connectivity index (χ1) is 10.6. The topological polar surface area (TPSA) is 116 Å². The molecule has 2 rings (SSSR count). The van der Waals surface area contributed by atoms with Crippen molar-refractivity contribution in [3.05, 3.63) is 23.3 Å². The van der Waals surface area contributed by atoms with Crippen LogP contribution in [0.2, 0.25) is 0 Å². The van der Waals surface area contributed by atoms with Crippen LogP contribution < -0.4 is 5.32 Å². The van der Waals surface area contributed by atoms with Crippen LogP contribution in [0, 0.1) is 0 Å². The van der Waals surface area contributed by atoms with Crippen LogP contribution in [0.25, 0.3) is 0 Å². The number of aliphatic hydroxyl groups excluding tert-OH is 1. The molecule has 128 valence electrons. The molecule has 0 unspecified atom stereocenters. The second kappa shape index (κ2) is 7.43. The van der Waals surface area contributed by atoms with Crippen molar-refractivity contribution in [2.75, 3.05) is 12.4 Å². The molecule has 0 saturated heterocycles. The molecular formula is C16H23NO6. The normalized spacial score (nSPS) is 14.3. The molecule has 0 bridgehead atoms. The fourth-order valence-electron chi connectivity index (χ4n) is 2.11. The number of carbonyl (C=O) groups excluding carboxylic acids is 2. The van der Waals surface area contributed by atoms with Gasteiger partial charge in [-0.3, -0.25) is 4.79 Å². The molecule has 0 spiro atoms. The summed E-state index contributed by atoms with van der Waals surface area (Å²) in [4.78, 5) is 21.6. The zero-order valence-electron chi connectivity index (χ0n) is 13.7. The number of anilines is 1. The Labute approximate surface area is 134 Å². The van der Waals surface area contributed by atoms with Gasteiger partial charge in [0.15, 0.2) is 5.60 Å². The van der Waals surface area contributed by atoms with Crippen molar-refractivity contribution in [1.82, 2.24) is 0 Å². The van der Waals surface area contributed by atoms with Crippen molar-refractivity contribution >= 4 is 17.6 Å². The Bertz CT molecular complexity index is 591. The summed E-state index contributed by atoms with van der Waals surface area (Å²) in [5.74, 6) is -0.698. The summed E-state index contributed by atoms with van der Waals surface area (Å²) >= 11 is 0. The van der Waals surface area contributed by atoms with Crippen molar-refractivity contribution < 1.29 is 29.6 Å². The number of methoxy groups -OCH3 is 1. The molecule has 0 fully saturated rings. The van der Waals surface area contributed by atoms with E-state index in [0.29, 0.717) is 17.7 Å².